The molecule has 1 fully saturated rings. The van der Waals surface area contributed by atoms with Crippen LogP contribution in [0.25, 0.3) is 0 Å². The number of carbonyl (C=O) groups excluding carboxylic acids is 1. The van der Waals surface area contributed by atoms with Gasteiger partial charge in [-0.1, -0.05) is 31.0 Å². The van der Waals surface area contributed by atoms with Crippen LogP contribution in [0.5, 0.6) is 0 Å². The molecule has 0 unspecified atom stereocenters. The molecular formula is C18H22N2OS. The molecule has 0 saturated carbocycles. The molecule has 1 atom stereocenters. The van der Waals surface area contributed by atoms with Gasteiger partial charge in [0.15, 0.2) is 0 Å². The Kier molecular flexibility index (Phi) is 4.78. The Labute approximate surface area is 136 Å². The normalized spacial score (nSPS) is 18.8. The predicted molar refractivity (Wildman–Crippen MR) is 92.4 cm³/mol. The molecule has 1 aliphatic heterocycles. The average Bonchev–Trinajstić information content (AvgIpc) is 2.91. The Morgan fingerprint density at radius 1 is 1.23 bits per heavy atom. The van der Waals surface area contributed by atoms with Gasteiger partial charge < -0.3 is 10.2 Å². The van der Waals surface area contributed by atoms with Gasteiger partial charge in [-0.25, -0.2) is 4.79 Å². The molecule has 0 bridgehead atoms. The second-order valence-corrected chi connectivity index (χ2v) is 6.85. The number of hydrogen-bond acceptors (Lipinski definition) is 2. The van der Waals surface area contributed by atoms with Crippen LogP contribution < -0.4 is 5.32 Å². The number of aryl methyl sites for hydroxylation is 1. The van der Waals surface area contributed by atoms with E-state index >= 15 is 0 Å². The van der Waals surface area contributed by atoms with Gasteiger partial charge in [0, 0.05) is 17.1 Å². The summed E-state index contributed by atoms with van der Waals surface area (Å²) in [6, 6.07) is 12.4. The molecule has 4 heteroatoms. The number of amides is 2. The van der Waals surface area contributed by atoms with Crippen LogP contribution in [0.3, 0.4) is 0 Å². The maximum atomic E-state index is 12.8. The fourth-order valence-corrected chi connectivity index (χ4v) is 3.92. The van der Waals surface area contributed by atoms with E-state index in [1.54, 1.807) is 11.3 Å². The minimum absolute atomic E-state index is 0.0194. The maximum Gasteiger partial charge on any atom is 0.322 e. The van der Waals surface area contributed by atoms with Gasteiger partial charge in [-0.2, -0.15) is 0 Å². The smallest absolute Gasteiger partial charge is 0.317 e. The number of anilines is 1. The summed E-state index contributed by atoms with van der Waals surface area (Å²) >= 11 is 1.75. The summed E-state index contributed by atoms with van der Waals surface area (Å²) < 4.78 is 0. The molecule has 2 aromatic rings. The number of nitrogens with zero attached hydrogens (tertiary/aromatic N) is 1. The molecule has 116 valence electrons. The van der Waals surface area contributed by atoms with Crippen LogP contribution >= 0.6 is 11.3 Å². The van der Waals surface area contributed by atoms with Crippen molar-refractivity contribution >= 4 is 23.1 Å². The van der Waals surface area contributed by atoms with Crippen molar-refractivity contribution in [3.63, 3.8) is 0 Å². The molecule has 1 aromatic carbocycles. The first-order valence-electron chi connectivity index (χ1n) is 7.92. The topological polar surface area (TPSA) is 32.3 Å². The number of likely N-dealkylation sites (tertiary alicyclic amines) is 1. The Bertz CT molecular complexity index is 624. The summed E-state index contributed by atoms with van der Waals surface area (Å²) in [5, 5.41) is 5.16. The third-order valence-corrected chi connectivity index (χ3v) is 5.13. The lowest BCUT2D eigenvalue weighted by Crippen LogP contribution is -2.37. The molecule has 0 radical (unpaired) electrons. The van der Waals surface area contributed by atoms with Crippen LogP contribution in [-0.4, -0.2) is 17.5 Å². The first-order chi connectivity index (χ1) is 10.7. The maximum absolute atomic E-state index is 12.8. The minimum Gasteiger partial charge on any atom is -0.317 e. The zero-order valence-electron chi connectivity index (χ0n) is 12.9. The largest absolute Gasteiger partial charge is 0.322 e. The van der Waals surface area contributed by atoms with Gasteiger partial charge in [-0.3, -0.25) is 0 Å². The highest BCUT2D eigenvalue weighted by atomic mass is 32.1. The first kappa shape index (κ1) is 15.1. The monoisotopic (exact) mass is 314 g/mol. The predicted octanol–water partition coefficient (Wildman–Crippen LogP) is 5.21. The van der Waals surface area contributed by atoms with Crippen molar-refractivity contribution in [1.82, 2.24) is 4.90 Å². The van der Waals surface area contributed by atoms with Gasteiger partial charge in [-0.15, -0.1) is 11.3 Å². The molecule has 2 heterocycles. The summed E-state index contributed by atoms with van der Waals surface area (Å²) in [7, 11) is 0. The van der Waals surface area contributed by atoms with E-state index in [9.17, 15) is 4.79 Å². The van der Waals surface area contributed by atoms with E-state index in [0.717, 1.165) is 30.6 Å². The standard InChI is InChI=1S/C18H22N2OS/c1-14-7-5-8-15(13-14)19-18(21)20-11-4-2-3-9-16(20)17-10-6-12-22-17/h5-8,10,12-13,16H,2-4,9,11H2,1H3,(H,19,21)/t16-/m1/s1. The molecule has 1 N–H and O–H groups in total. The average molecular weight is 314 g/mol. The van der Waals surface area contributed by atoms with Crippen molar-refractivity contribution < 1.29 is 4.79 Å². The van der Waals surface area contributed by atoms with Crippen molar-refractivity contribution in [2.45, 2.75) is 38.6 Å². The van der Waals surface area contributed by atoms with Crippen LogP contribution in [0.15, 0.2) is 41.8 Å². The van der Waals surface area contributed by atoms with Crippen LogP contribution in [0, 0.1) is 6.92 Å². The van der Waals surface area contributed by atoms with Gasteiger partial charge in [-0.05, 0) is 48.9 Å². The van der Waals surface area contributed by atoms with Crippen molar-refractivity contribution in [1.29, 1.82) is 0 Å². The second kappa shape index (κ2) is 6.97. The van der Waals surface area contributed by atoms with E-state index in [4.69, 9.17) is 0 Å². The van der Waals surface area contributed by atoms with E-state index in [0.29, 0.717) is 0 Å². The fourth-order valence-electron chi connectivity index (χ4n) is 3.05. The Balaban J connectivity index is 1.78. The lowest BCUT2D eigenvalue weighted by Gasteiger charge is -2.29. The molecule has 0 aliphatic carbocycles. The number of urea groups is 1. The van der Waals surface area contributed by atoms with E-state index < -0.39 is 0 Å². The van der Waals surface area contributed by atoms with E-state index in [1.807, 2.05) is 36.1 Å². The molecule has 1 saturated heterocycles. The van der Waals surface area contributed by atoms with E-state index in [2.05, 4.69) is 22.8 Å². The van der Waals surface area contributed by atoms with E-state index in [-0.39, 0.29) is 12.1 Å². The number of hydrogen-bond donors (Lipinski definition) is 1. The number of nitrogens with one attached hydrogen (secondary N) is 1. The van der Waals surface area contributed by atoms with Crippen molar-refractivity contribution in [2.24, 2.45) is 0 Å². The summed E-state index contributed by atoms with van der Waals surface area (Å²) in [6.45, 7) is 2.87. The summed E-state index contributed by atoms with van der Waals surface area (Å²) in [6.07, 6.45) is 4.54. The fraction of sp³-hybridized carbons (Fsp3) is 0.389. The zero-order chi connectivity index (χ0) is 15.4. The molecule has 1 aliphatic rings. The molecule has 3 rings (SSSR count). The summed E-state index contributed by atoms with van der Waals surface area (Å²) in [4.78, 5) is 16.1. The van der Waals surface area contributed by atoms with Crippen molar-refractivity contribution in [3.05, 3.63) is 52.2 Å². The zero-order valence-corrected chi connectivity index (χ0v) is 13.7. The van der Waals surface area contributed by atoms with Crippen LogP contribution in [0.1, 0.15) is 42.2 Å². The summed E-state index contributed by atoms with van der Waals surface area (Å²) in [5.74, 6) is 0. The Morgan fingerprint density at radius 2 is 2.14 bits per heavy atom. The highest BCUT2D eigenvalue weighted by Gasteiger charge is 2.27. The lowest BCUT2D eigenvalue weighted by molar-refractivity contribution is 0.190. The third kappa shape index (κ3) is 3.50. The number of carbonyl (C=O) groups is 1. The molecular weight excluding hydrogens is 292 g/mol. The molecule has 2 amide bonds. The van der Waals surface area contributed by atoms with E-state index in [1.165, 1.54) is 17.7 Å². The SMILES string of the molecule is Cc1cccc(NC(=O)N2CCCCC[C@@H]2c2cccs2)c1. The van der Waals surface area contributed by atoms with Crippen LogP contribution in [0.4, 0.5) is 10.5 Å². The Morgan fingerprint density at radius 3 is 2.91 bits per heavy atom. The van der Waals surface area contributed by atoms with Gasteiger partial charge in [0.1, 0.15) is 0 Å². The first-order valence-corrected chi connectivity index (χ1v) is 8.80. The van der Waals surface area contributed by atoms with Gasteiger partial charge in [0.25, 0.3) is 0 Å². The van der Waals surface area contributed by atoms with Crippen LogP contribution in [0.2, 0.25) is 0 Å². The third-order valence-electron chi connectivity index (χ3n) is 4.15. The quantitative estimate of drug-likeness (QED) is 0.811. The van der Waals surface area contributed by atoms with Gasteiger partial charge in [0.2, 0.25) is 0 Å². The highest BCUT2D eigenvalue weighted by Crippen LogP contribution is 2.33. The van der Waals surface area contributed by atoms with Crippen molar-refractivity contribution in [3.8, 4) is 0 Å². The minimum atomic E-state index is 0.0194. The molecule has 22 heavy (non-hydrogen) atoms. The molecule has 0 spiro atoms. The number of rotatable bonds is 2. The number of thiophene rings is 1. The molecule has 1 aromatic heterocycles. The lowest BCUT2D eigenvalue weighted by atomic mass is 10.1. The molecule has 3 nitrogen and oxygen atoms in total. The number of benzene rings is 1. The van der Waals surface area contributed by atoms with Gasteiger partial charge >= 0.3 is 6.03 Å². The Hall–Kier alpha value is -1.81. The van der Waals surface area contributed by atoms with Crippen LogP contribution in [-0.2, 0) is 0 Å². The summed E-state index contributed by atoms with van der Waals surface area (Å²) in [5.41, 5.74) is 2.03. The van der Waals surface area contributed by atoms with Crippen molar-refractivity contribution in [2.75, 3.05) is 11.9 Å². The van der Waals surface area contributed by atoms with Gasteiger partial charge in [0.05, 0.1) is 6.04 Å². The second-order valence-electron chi connectivity index (χ2n) is 5.87. The highest BCUT2D eigenvalue weighted by molar-refractivity contribution is 7.10.